The highest BCUT2D eigenvalue weighted by atomic mass is 35.5. The molecule has 1 aliphatic heterocycles. The molecule has 0 aromatic heterocycles. The number of hydrogen-bond acceptors (Lipinski definition) is 4. The predicted octanol–water partition coefficient (Wildman–Crippen LogP) is 2.46. The van der Waals surface area contributed by atoms with Gasteiger partial charge in [-0.05, 0) is 57.0 Å². The lowest BCUT2D eigenvalue weighted by molar-refractivity contribution is -0.109. The Bertz CT molecular complexity index is 567. The minimum absolute atomic E-state index is 0.0625. The molecule has 1 aliphatic rings. The summed E-state index contributed by atoms with van der Waals surface area (Å²) in [6.45, 7) is 1.70. The minimum Gasteiger partial charge on any atom is -0.465 e. The number of benzene rings is 1. The second-order valence-corrected chi connectivity index (χ2v) is 6.79. The van der Waals surface area contributed by atoms with Crippen LogP contribution in [0.5, 0.6) is 0 Å². The van der Waals surface area contributed by atoms with Crippen LogP contribution in [0.25, 0.3) is 0 Å². The fourth-order valence-corrected chi connectivity index (χ4v) is 3.57. The maximum Gasteiger partial charge on any atom is 0.407 e. The number of nitrogens with zero attached hydrogens (tertiary/aromatic N) is 2. The highest BCUT2D eigenvalue weighted by molar-refractivity contribution is 6.30. The van der Waals surface area contributed by atoms with Crippen LogP contribution in [-0.4, -0.2) is 66.2 Å². The first kappa shape index (κ1) is 19.7. The van der Waals surface area contributed by atoms with E-state index in [1.165, 1.54) is 10.5 Å². The topological polar surface area (TPSA) is 72.9 Å². The molecule has 138 valence electrons. The lowest BCUT2D eigenvalue weighted by atomic mass is 9.99. The molecule has 2 atom stereocenters. The molecule has 1 aromatic rings. The van der Waals surface area contributed by atoms with E-state index in [0.717, 1.165) is 37.4 Å². The van der Waals surface area contributed by atoms with E-state index in [4.69, 9.17) is 11.6 Å². The van der Waals surface area contributed by atoms with Gasteiger partial charge < -0.3 is 15.2 Å². The number of piperidine rings is 1. The third-order valence-corrected chi connectivity index (χ3v) is 5.05. The predicted molar refractivity (Wildman–Crippen MR) is 98.0 cm³/mol. The van der Waals surface area contributed by atoms with Gasteiger partial charge in [-0.2, -0.15) is 0 Å². The number of carbonyl (C=O) groups is 2. The average Bonchev–Trinajstić information content (AvgIpc) is 2.61. The first-order valence-electron chi connectivity index (χ1n) is 8.64. The van der Waals surface area contributed by atoms with Crippen LogP contribution < -0.4 is 5.32 Å². The summed E-state index contributed by atoms with van der Waals surface area (Å²) < 4.78 is 0. The Morgan fingerprint density at radius 3 is 2.76 bits per heavy atom. The number of rotatable bonds is 8. The zero-order chi connectivity index (χ0) is 18.2. The number of aldehydes is 1. The van der Waals surface area contributed by atoms with E-state index in [0.29, 0.717) is 12.7 Å². The Morgan fingerprint density at radius 1 is 1.44 bits per heavy atom. The molecule has 0 bridgehead atoms. The fraction of sp³-hybridized carbons (Fsp3) is 0.556. The van der Waals surface area contributed by atoms with Gasteiger partial charge in [-0.3, -0.25) is 9.80 Å². The fourth-order valence-electron chi connectivity index (χ4n) is 3.45. The van der Waals surface area contributed by atoms with E-state index >= 15 is 0 Å². The number of carboxylic acid groups (broad SMARTS) is 1. The smallest absolute Gasteiger partial charge is 0.407 e. The number of halogens is 1. The van der Waals surface area contributed by atoms with Crippen molar-refractivity contribution < 1.29 is 14.7 Å². The van der Waals surface area contributed by atoms with Crippen molar-refractivity contribution in [2.45, 2.75) is 37.9 Å². The molecular formula is C18H26ClN3O3. The van der Waals surface area contributed by atoms with Crippen LogP contribution in [0.1, 0.15) is 24.8 Å². The Balaban J connectivity index is 1.85. The molecule has 1 fully saturated rings. The van der Waals surface area contributed by atoms with E-state index in [-0.39, 0.29) is 18.8 Å². The summed E-state index contributed by atoms with van der Waals surface area (Å²) >= 11 is 5.91. The monoisotopic (exact) mass is 367 g/mol. The van der Waals surface area contributed by atoms with Gasteiger partial charge >= 0.3 is 6.09 Å². The van der Waals surface area contributed by atoms with Gasteiger partial charge in [0.2, 0.25) is 0 Å². The summed E-state index contributed by atoms with van der Waals surface area (Å²) in [5, 5.41) is 13.3. The van der Waals surface area contributed by atoms with Crippen molar-refractivity contribution in [3.63, 3.8) is 0 Å². The normalized spacial score (nSPS) is 21.0. The largest absolute Gasteiger partial charge is 0.465 e. The molecule has 0 spiro atoms. The Morgan fingerprint density at radius 2 is 2.16 bits per heavy atom. The molecule has 0 aliphatic carbocycles. The van der Waals surface area contributed by atoms with Crippen LogP contribution in [0.2, 0.25) is 5.02 Å². The van der Waals surface area contributed by atoms with Gasteiger partial charge in [-0.1, -0.05) is 23.7 Å². The average molecular weight is 368 g/mol. The van der Waals surface area contributed by atoms with E-state index in [9.17, 15) is 14.7 Å². The van der Waals surface area contributed by atoms with Gasteiger partial charge in [0.05, 0.1) is 12.7 Å². The van der Waals surface area contributed by atoms with E-state index in [1.54, 1.807) is 0 Å². The van der Waals surface area contributed by atoms with Crippen molar-refractivity contribution in [2.75, 3.05) is 26.7 Å². The van der Waals surface area contributed by atoms with Crippen LogP contribution in [0.15, 0.2) is 24.3 Å². The molecule has 1 heterocycles. The van der Waals surface area contributed by atoms with Crippen LogP contribution in [-0.2, 0) is 11.2 Å². The molecule has 1 saturated heterocycles. The number of likely N-dealkylation sites (tertiary alicyclic amines) is 1. The molecule has 1 amide bonds. The standard InChI is InChI=1S/C18H26ClN3O3/c1-20-17-13-16(22(11-12-23)18(24)25)8-10-21(17)9-2-3-14-4-6-15(19)7-5-14/h4-7,12,16-17,20H,2-3,8-11,13H2,1H3,(H,24,25). The number of hydrogen-bond donors (Lipinski definition) is 2. The number of aryl methyl sites for hydroxylation is 1. The molecule has 0 saturated carbocycles. The van der Waals surface area contributed by atoms with Gasteiger partial charge in [0.1, 0.15) is 6.29 Å². The quantitative estimate of drug-likeness (QED) is 0.690. The van der Waals surface area contributed by atoms with Crippen LogP contribution in [0, 0.1) is 0 Å². The molecule has 0 radical (unpaired) electrons. The summed E-state index contributed by atoms with van der Waals surface area (Å²) in [7, 11) is 1.89. The third kappa shape index (κ3) is 5.70. The van der Waals surface area contributed by atoms with Crippen molar-refractivity contribution in [1.82, 2.24) is 15.1 Å². The summed E-state index contributed by atoms with van der Waals surface area (Å²) in [6, 6.07) is 7.80. The zero-order valence-corrected chi connectivity index (χ0v) is 15.3. The SMILES string of the molecule is CNC1CC(N(CC=O)C(=O)O)CCN1CCCc1ccc(Cl)cc1. The van der Waals surface area contributed by atoms with Gasteiger partial charge in [0.25, 0.3) is 0 Å². The number of nitrogens with one attached hydrogen (secondary N) is 1. The second-order valence-electron chi connectivity index (χ2n) is 6.35. The Hall–Kier alpha value is -1.63. The van der Waals surface area contributed by atoms with Gasteiger partial charge in [0, 0.05) is 17.6 Å². The van der Waals surface area contributed by atoms with Gasteiger partial charge in [-0.25, -0.2) is 4.79 Å². The molecule has 1 aromatic carbocycles. The molecule has 2 rings (SSSR count). The maximum atomic E-state index is 11.3. The Labute approximate surface area is 153 Å². The third-order valence-electron chi connectivity index (χ3n) is 4.80. The lowest BCUT2D eigenvalue weighted by Gasteiger charge is -2.42. The first-order chi connectivity index (χ1) is 12.0. The van der Waals surface area contributed by atoms with Gasteiger partial charge in [0.15, 0.2) is 0 Å². The van der Waals surface area contributed by atoms with Crippen molar-refractivity contribution >= 4 is 24.0 Å². The Kier molecular flexibility index (Phi) is 7.68. The van der Waals surface area contributed by atoms with Crippen molar-refractivity contribution in [3.05, 3.63) is 34.9 Å². The lowest BCUT2D eigenvalue weighted by Crippen LogP contribution is -2.56. The number of amides is 1. The minimum atomic E-state index is -1.02. The highest BCUT2D eigenvalue weighted by Crippen LogP contribution is 2.21. The van der Waals surface area contributed by atoms with Crippen LogP contribution in [0.4, 0.5) is 4.79 Å². The molecule has 2 N–H and O–H groups in total. The molecule has 25 heavy (non-hydrogen) atoms. The summed E-state index contributed by atoms with van der Waals surface area (Å²) in [4.78, 5) is 25.7. The zero-order valence-electron chi connectivity index (χ0n) is 14.5. The molecular weight excluding hydrogens is 342 g/mol. The van der Waals surface area contributed by atoms with E-state index in [1.807, 2.05) is 31.3 Å². The summed E-state index contributed by atoms with van der Waals surface area (Å²) in [5.41, 5.74) is 1.27. The molecule has 6 nitrogen and oxygen atoms in total. The summed E-state index contributed by atoms with van der Waals surface area (Å²) in [6.07, 6.45) is 3.21. The van der Waals surface area contributed by atoms with Crippen molar-refractivity contribution in [3.8, 4) is 0 Å². The van der Waals surface area contributed by atoms with E-state index < -0.39 is 6.09 Å². The van der Waals surface area contributed by atoms with E-state index in [2.05, 4.69) is 10.2 Å². The molecule has 2 unspecified atom stereocenters. The first-order valence-corrected chi connectivity index (χ1v) is 9.02. The molecule has 7 heteroatoms. The number of carbonyl (C=O) groups excluding carboxylic acids is 1. The second kappa shape index (κ2) is 9.75. The van der Waals surface area contributed by atoms with Crippen LogP contribution in [0.3, 0.4) is 0 Å². The summed E-state index contributed by atoms with van der Waals surface area (Å²) in [5.74, 6) is 0. The highest BCUT2D eigenvalue weighted by Gasteiger charge is 2.32. The van der Waals surface area contributed by atoms with Crippen molar-refractivity contribution in [2.24, 2.45) is 0 Å². The van der Waals surface area contributed by atoms with Crippen LogP contribution >= 0.6 is 11.6 Å². The van der Waals surface area contributed by atoms with Crippen molar-refractivity contribution in [1.29, 1.82) is 0 Å². The maximum absolute atomic E-state index is 11.3. The van der Waals surface area contributed by atoms with Gasteiger partial charge in [-0.15, -0.1) is 0 Å².